The van der Waals surface area contributed by atoms with E-state index in [9.17, 15) is 9.59 Å². The Morgan fingerprint density at radius 2 is 1.69 bits per heavy atom. The molecule has 0 aliphatic rings. The Kier molecular flexibility index (Phi) is 6.07. The molecule has 1 amide bonds. The maximum Gasteiger partial charge on any atom is 0.338 e. The highest BCUT2D eigenvalue weighted by molar-refractivity contribution is 6.04. The quantitative estimate of drug-likeness (QED) is 0.416. The van der Waals surface area contributed by atoms with Gasteiger partial charge in [-0.05, 0) is 56.3 Å². The van der Waals surface area contributed by atoms with E-state index >= 15 is 0 Å². The van der Waals surface area contributed by atoms with Crippen LogP contribution in [0.1, 0.15) is 33.5 Å². The smallest absolute Gasteiger partial charge is 0.338 e. The van der Waals surface area contributed by atoms with Crippen LogP contribution in [-0.4, -0.2) is 28.5 Å². The predicted octanol–water partition coefficient (Wildman–Crippen LogP) is 5.11. The second kappa shape index (κ2) is 9.26. The van der Waals surface area contributed by atoms with Gasteiger partial charge in [-0.15, -0.1) is 0 Å². The van der Waals surface area contributed by atoms with E-state index in [-0.39, 0.29) is 12.4 Å². The van der Waals surface area contributed by atoms with E-state index in [1.54, 1.807) is 31.2 Å². The van der Waals surface area contributed by atoms with Crippen molar-refractivity contribution in [3.63, 3.8) is 0 Å². The van der Waals surface area contributed by atoms with Crippen LogP contribution in [0.25, 0.3) is 10.9 Å². The molecule has 7 nitrogen and oxygen atoms in total. The Morgan fingerprint density at radius 1 is 0.906 bits per heavy atom. The summed E-state index contributed by atoms with van der Waals surface area (Å²) in [6, 6.07) is 21.9. The largest absolute Gasteiger partial charge is 0.462 e. The van der Waals surface area contributed by atoms with Crippen LogP contribution >= 0.6 is 0 Å². The molecule has 1 aromatic heterocycles. The van der Waals surface area contributed by atoms with Crippen molar-refractivity contribution in [2.45, 2.75) is 13.8 Å². The van der Waals surface area contributed by atoms with Gasteiger partial charge in [0.15, 0.2) is 0 Å². The summed E-state index contributed by atoms with van der Waals surface area (Å²) in [5.41, 5.74) is 3.44. The highest BCUT2D eigenvalue weighted by Gasteiger charge is 2.15. The first-order valence-electron chi connectivity index (χ1n) is 10.2. The lowest BCUT2D eigenvalue weighted by Gasteiger charge is -2.12. The molecule has 0 spiro atoms. The highest BCUT2D eigenvalue weighted by atomic mass is 16.5. The first-order chi connectivity index (χ1) is 15.5. The second-order valence-electron chi connectivity index (χ2n) is 7.16. The number of hydrogen-bond donors (Lipinski definition) is 2. The number of aryl methyl sites for hydroxylation is 1. The molecular weight excluding hydrogens is 404 g/mol. The van der Waals surface area contributed by atoms with Crippen molar-refractivity contribution in [2.24, 2.45) is 0 Å². The van der Waals surface area contributed by atoms with Gasteiger partial charge < -0.3 is 15.4 Å². The third-order valence-electron chi connectivity index (χ3n) is 4.75. The summed E-state index contributed by atoms with van der Waals surface area (Å²) in [6.07, 6.45) is 0. The first-order valence-corrected chi connectivity index (χ1v) is 10.2. The lowest BCUT2D eigenvalue weighted by atomic mass is 10.2. The molecule has 2 N–H and O–H groups in total. The molecule has 0 bridgehead atoms. The zero-order valence-corrected chi connectivity index (χ0v) is 17.8. The van der Waals surface area contributed by atoms with Crippen molar-refractivity contribution in [1.29, 1.82) is 0 Å². The van der Waals surface area contributed by atoms with E-state index in [1.165, 1.54) is 0 Å². The molecule has 0 radical (unpaired) electrons. The minimum atomic E-state index is -0.483. The average molecular weight is 426 g/mol. The van der Waals surface area contributed by atoms with Crippen molar-refractivity contribution < 1.29 is 14.3 Å². The summed E-state index contributed by atoms with van der Waals surface area (Å²) >= 11 is 0. The number of nitrogens with one attached hydrogen (secondary N) is 2. The number of amides is 1. The highest BCUT2D eigenvalue weighted by Crippen LogP contribution is 2.24. The molecule has 32 heavy (non-hydrogen) atoms. The van der Waals surface area contributed by atoms with Gasteiger partial charge in [0.05, 0.1) is 17.7 Å². The van der Waals surface area contributed by atoms with Crippen LogP contribution < -0.4 is 10.6 Å². The number of ether oxygens (including phenoxy) is 1. The fourth-order valence-corrected chi connectivity index (χ4v) is 3.17. The van der Waals surface area contributed by atoms with E-state index in [1.807, 2.05) is 55.5 Å². The summed E-state index contributed by atoms with van der Waals surface area (Å²) in [5, 5.41) is 6.84. The minimum Gasteiger partial charge on any atom is -0.462 e. The van der Waals surface area contributed by atoms with Crippen molar-refractivity contribution in [3.8, 4) is 0 Å². The molecule has 160 valence electrons. The standard InChI is InChI=1S/C25H22N4O3/c1-3-32-25(31)17-7-6-8-19(15-17)27-24(30)23-28-21-10-5-4-9-20(21)22(29-23)26-18-13-11-16(2)12-14-18/h4-15H,3H2,1-2H3,(H,27,30)(H,26,28,29). The van der Waals surface area contributed by atoms with Crippen LogP contribution in [-0.2, 0) is 4.74 Å². The fourth-order valence-electron chi connectivity index (χ4n) is 3.17. The zero-order chi connectivity index (χ0) is 22.5. The van der Waals surface area contributed by atoms with Gasteiger partial charge in [0.2, 0.25) is 5.82 Å². The molecule has 3 aromatic carbocycles. The molecule has 0 aliphatic heterocycles. The summed E-state index contributed by atoms with van der Waals surface area (Å²) in [6.45, 7) is 4.03. The number of rotatable bonds is 6. The predicted molar refractivity (Wildman–Crippen MR) is 124 cm³/mol. The van der Waals surface area contributed by atoms with E-state index in [2.05, 4.69) is 20.6 Å². The van der Waals surface area contributed by atoms with Crippen LogP contribution in [0.15, 0.2) is 72.8 Å². The topological polar surface area (TPSA) is 93.2 Å². The summed E-state index contributed by atoms with van der Waals surface area (Å²) in [7, 11) is 0. The number of anilines is 3. The molecule has 4 aromatic rings. The molecule has 1 heterocycles. The van der Waals surface area contributed by atoms with Crippen LogP contribution in [0.4, 0.5) is 17.2 Å². The summed E-state index contributed by atoms with van der Waals surface area (Å²) in [5.74, 6) is -0.386. The maximum atomic E-state index is 12.9. The average Bonchev–Trinajstić information content (AvgIpc) is 2.81. The number of carbonyl (C=O) groups excluding carboxylic acids is 2. The van der Waals surface area contributed by atoms with Crippen LogP contribution in [0.5, 0.6) is 0 Å². The molecule has 0 fully saturated rings. The summed E-state index contributed by atoms with van der Waals surface area (Å²) < 4.78 is 5.02. The number of fused-ring (bicyclic) bond motifs is 1. The molecule has 4 rings (SSSR count). The van der Waals surface area contributed by atoms with Gasteiger partial charge in [-0.1, -0.05) is 35.9 Å². The van der Waals surface area contributed by atoms with E-state index < -0.39 is 11.9 Å². The first kappa shape index (κ1) is 21.0. The van der Waals surface area contributed by atoms with Gasteiger partial charge in [0.1, 0.15) is 5.82 Å². The Morgan fingerprint density at radius 3 is 2.47 bits per heavy atom. The Bertz CT molecular complexity index is 1290. The van der Waals surface area contributed by atoms with Crippen molar-refractivity contribution in [1.82, 2.24) is 9.97 Å². The molecule has 7 heteroatoms. The van der Waals surface area contributed by atoms with Crippen LogP contribution in [0, 0.1) is 6.92 Å². The normalized spacial score (nSPS) is 10.6. The second-order valence-corrected chi connectivity index (χ2v) is 7.16. The molecule has 0 saturated heterocycles. The fraction of sp³-hybridized carbons (Fsp3) is 0.120. The van der Waals surface area contributed by atoms with E-state index in [4.69, 9.17) is 4.74 Å². The van der Waals surface area contributed by atoms with Gasteiger partial charge >= 0.3 is 5.97 Å². The molecule has 0 aliphatic carbocycles. The number of carbonyl (C=O) groups is 2. The molecule has 0 unspecified atom stereocenters. The third-order valence-corrected chi connectivity index (χ3v) is 4.75. The van der Waals surface area contributed by atoms with Gasteiger partial charge in [0, 0.05) is 16.8 Å². The Balaban J connectivity index is 1.64. The number of esters is 1. The van der Waals surface area contributed by atoms with Gasteiger partial charge in [-0.3, -0.25) is 4.79 Å². The van der Waals surface area contributed by atoms with Crippen LogP contribution in [0.3, 0.4) is 0 Å². The lowest BCUT2D eigenvalue weighted by Crippen LogP contribution is -2.17. The number of aromatic nitrogens is 2. The number of benzene rings is 3. The SMILES string of the molecule is CCOC(=O)c1cccc(NC(=O)c2nc(Nc3ccc(C)cc3)c3ccccc3n2)c1. The maximum absolute atomic E-state index is 12.9. The monoisotopic (exact) mass is 426 g/mol. The number of para-hydroxylation sites is 1. The lowest BCUT2D eigenvalue weighted by molar-refractivity contribution is 0.0526. The molecule has 0 atom stereocenters. The van der Waals surface area contributed by atoms with Crippen molar-refractivity contribution in [2.75, 3.05) is 17.2 Å². The zero-order valence-electron chi connectivity index (χ0n) is 17.8. The van der Waals surface area contributed by atoms with E-state index in [0.29, 0.717) is 22.6 Å². The molecular formula is C25H22N4O3. The number of hydrogen-bond acceptors (Lipinski definition) is 6. The minimum absolute atomic E-state index is 0.0137. The Hall–Kier alpha value is -4.26. The van der Waals surface area contributed by atoms with E-state index in [0.717, 1.165) is 16.6 Å². The van der Waals surface area contributed by atoms with Crippen molar-refractivity contribution in [3.05, 3.63) is 89.7 Å². The summed E-state index contributed by atoms with van der Waals surface area (Å²) in [4.78, 5) is 33.8. The van der Waals surface area contributed by atoms with Gasteiger partial charge in [0.25, 0.3) is 5.91 Å². The third kappa shape index (κ3) is 4.73. The number of nitrogens with zero attached hydrogens (tertiary/aromatic N) is 2. The van der Waals surface area contributed by atoms with Crippen LogP contribution in [0.2, 0.25) is 0 Å². The molecule has 0 saturated carbocycles. The van der Waals surface area contributed by atoms with Crippen molar-refractivity contribution >= 4 is 40.0 Å². The Labute approximate surface area is 185 Å². The van der Waals surface area contributed by atoms with Gasteiger partial charge in [-0.2, -0.15) is 0 Å². The van der Waals surface area contributed by atoms with Gasteiger partial charge in [-0.25, -0.2) is 14.8 Å².